The molecule has 0 aliphatic heterocycles. The summed E-state index contributed by atoms with van der Waals surface area (Å²) in [5.41, 5.74) is 8.21. The number of nitrogens with one attached hydrogen (secondary N) is 1. The van der Waals surface area contributed by atoms with Crippen LogP contribution in [0.4, 0.5) is 11.4 Å². The Hall–Kier alpha value is -2.40. The highest BCUT2D eigenvalue weighted by Gasteiger charge is 2.09. The molecule has 2 rings (SSSR count). The Kier molecular flexibility index (Phi) is 4.68. The van der Waals surface area contributed by atoms with Gasteiger partial charge in [0.1, 0.15) is 5.69 Å². The number of rotatable bonds is 5. The fourth-order valence-corrected chi connectivity index (χ4v) is 1.80. The van der Waals surface area contributed by atoms with Gasteiger partial charge in [-0.1, -0.05) is 18.2 Å². The van der Waals surface area contributed by atoms with Crippen LogP contribution in [0.1, 0.15) is 16.1 Å². The van der Waals surface area contributed by atoms with Crippen LogP contribution in [0.3, 0.4) is 0 Å². The van der Waals surface area contributed by atoms with E-state index in [4.69, 9.17) is 10.5 Å². The third-order valence-corrected chi connectivity index (χ3v) is 2.86. The van der Waals surface area contributed by atoms with Gasteiger partial charge in [-0.2, -0.15) is 0 Å². The Labute approximate surface area is 117 Å². The molecule has 0 atom stereocenters. The highest BCUT2D eigenvalue weighted by molar-refractivity contribution is 6.03. The minimum Gasteiger partial charge on any atom is -0.397 e. The van der Waals surface area contributed by atoms with Gasteiger partial charge >= 0.3 is 0 Å². The summed E-state index contributed by atoms with van der Waals surface area (Å²) in [4.78, 5) is 16.1. The van der Waals surface area contributed by atoms with Crippen molar-refractivity contribution in [2.24, 2.45) is 0 Å². The van der Waals surface area contributed by atoms with Gasteiger partial charge in [0.2, 0.25) is 0 Å². The second kappa shape index (κ2) is 6.68. The normalized spacial score (nSPS) is 10.2. The lowest BCUT2D eigenvalue weighted by Gasteiger charge is -2.10. The zero-order valence-corrected chi connectivity index (χ0v) is 11.3. The van der Waals surface area contributed by atoms with Gasteiger partial charge in [-0.15, -0.1) is 0 Å². The standard InChI is InChI=1S/C15H17N3O2/c1-20-9-8-11-4-2-3-5-13(11)18-15(19)14-7-6-12(16)10-17-14/h2-7,10H,8-9,16H2,1H3,(H,18,19). The molecular formula is C15H17N3O2. The highest BCUT2D eigenvalue weighted by atomic mass is 16.5. The van der Waals surface area contributed by atoms with Crippen molar-refractivity contribution < 1.29 is 9.53 Å². The van der Waals surface area contributed by atoms with E-state index < -0.39 is 0 Å². The molecule has 0 fully saturated rings. The number of hydrogen-bond donors (Lipinski definition) is 2. The van der Waals surface area contributed by atoms with Crippen molar-refractivity contribution >= 4 is 17.3 Å². The SMILES string of the molecule is COCCc1ccccc1NC(=O)c1ccc(N)cn1. The van der Waals surface area contributed by atoms with Gasteiger partial charge in [-0.3, -0.25) is 4.79 Å². The van der Waals surface area contributed by atoms with Gasteiger partial charge in [-0.05, 0) is 30.2 Å². The fourth-order valence-electron chi connectivity index (χ4n) is 1.80. The molecule has 1 aromatic heterocycles. The lowest BCUT2D eigenvalue weighted by atomic mass is 10.1. The van der Waals surface area contributed by atoms with E-state index in [1.54, 1.807) is 19.2 Å². The maximum absolute atomic E-state index is 12.1. The van der Waals surface area contributed by atoms with Crippen molar-refractivity contribution in [2.45, 2.75) is 6.42 Å². The van der Waals surface area contributed by atoms with Crippen molar-refractivity contribution in [1.29, 1.82) is 0 Å². The monoisotopic (exact) mass is 271 g/mol. The van der Waals surface area contributed by atoms with Gasteiger partial charge in [-0.25, -0.2) is 4.98 Å². The zero-order valence-electron chi connectivity index (χ0n) is 11.3. The second-order valence-corrected chi connectivity index (χ2v) is 4.33. The maximum atomic E-state index is 12.1. The first-order valence-corrected chi connectivity index (χ1v) is 6.30. The van der Waals surface area contributed by atoms with E-state index in [-0.39, 0.29) is 5.91 Å². The summed E-state index contributed by atoms with van der Waals surface area (Å²) < 4.78 is 5.06. The predicted octanol–water partition coefficient (Wildman–Crippen LogP) is 2.10. The average molecular weight is 271 g/mol. The van der Waals surface area contributed by atoms with E-state index in [0.29, 0.717) is 18.0 Å². The summed E-state index contributed by atoms with van der Waals surface area (Å²) >= 11 is 0. The Morgan fingerprint density at radius 3 is 2.80 bits per heavy atom. The molecule has 0 aliphatic carbocycles. The molecule has 1 heterocycles. The number of nitrogen functional groups attached to an aromatic ring is 1. The minimum absolute atomic E-state index is 0.255. The third kappa shape index (κ3) is 3.55. The number of amides is 1. The van der Waals surface area contributed by atoms with E-state index in [1.807, 2.05) is 24.3 Å². The van der Waals surface area contributed by atoms with Gasteiger partial charge in [0.05, 0.1) is 18.5 Å². The maximum Gasteiger partial charge on any atom is 0.274 e. The van der Waals surface area contributed by atoms with Crippen molar-refractivity contribution in [3.63, 3.8) is 0 Å². The zero-order chi connectivity index (χ0) is 14.4. The van der Waals surface area contributed by atoms with Crippen molar-refractivity contribution in [2.75, 3.05) is 24.8 Å². The Balaban J connectivity index is 2.13. The summed E-state index contributed by atoms with van der Waals surface area (Å²) in [6.07, 6.45) is 2.20. The molecular weight excluding hydrogens is 254 g/mol. The second-order valence-electron chi connectivity index (χ2n) is 4.33. The van der Waals surface area contributed by atoms with Crippen LogP contribution in [0.15, 0.2) is 42.6 Å². The van der Waals surface area contributed by atoms with Crippen LogP contribution in [-0.2, 0) is 11.2 Å². The number of benzene rings is 1. The molecule has 0 radical (unpaired) electrons. The van der Waals surface area contributed by atoms with E-state index in [0.717, 1.165) is 17.7 Å². The van der Waals surface area contributed by atoms with Crippen molar-refractivity contribution in [3.8, 4) is 0 Å². The van der Waals surface area contributed by atoms with Gasteiger partial charge in [0.25, 0.3) is 5.91 Å². The summed E-state index contributed by atoms with van der Waals surface area (Å²) in [6.45, 7) is 0.604. The number of anilines is 2. The molecule has 0 saturated heterocycles. The van der Waals surface area contributed by atoms with Crippen LogP contribution >= 0.6 is 0 Å². The van der Waals surface area contributed by atoms with Crippen LogP contribution in [0.5, 0.6) is 0 Å². The van der Waals surface area contributed by atoms with Gasteiger partial charge in [0, 0.05) is 12.8 Å². The van der Waals surface area contributed by atoms with E-state index in [9.17, 15) is 4.79 Å². The molecule has 5 nitrogen and oxygen atoms in total. The van der Waals surface area contributed by atoms with E-state index in [1.165, 1.54) is 6.20 Å². The third-order valence-electron chi connectivity index (χ3n) is 2.86. The number of pyridine rings is 1. The summed E-state index contributed by atoms with van der Waals surface area (Å²) in [7, 11) is 1.65. The van der Waals surface area contributed by atoms with Gasteiger partial charge < -0.3 is 15.8 Å². The summed E-state index contributed by atoms with van der Waals surface area (Å²) in [5.74, 6) is -0.255. The first kappa shape index (κ1) is 14.0. The van der Waals surface area contributed by atoms with Crippen molar-refractivity contribution in [1.82, 2.24) is 4.98 Å². The number of aromatic nitrogens is 1. The van der Waals surface area contributed by atoms with Crippen LogP contribution < -0.4 is 11.1 Å². The summed E-state index contributed by atoms with van der Waals surface area (Å²) in [5, 5.41) is 2.86. The molecule has 5 heteroatoms. The van der Waals surface area contributed by atoms with Gasteiger partial charge in [0.15, 0.2) is 0 Å². The number of para-hydroxylation sites is 1. The quantitative estimate of drug-likeness (QED) is 0.873. The largest absolute Gasteiger partial charge is 0.397 e. The molecule has 104 valence electrons. The molecule has 0 spiro atoms. The molecule has 1 aromatic carbocycles. The number of methoxy groups -OCH3 is 1. The molecule has 20 heavy (non-hydrogen) atoms. The smallest absolute Gasteiger partial charge is 0.274 e. The molecule has 1 amide bonds. The van der Waals surface area contributed by atoms with Crippen molar-refractivity contribution in [3.05, 3.63) is 53.9 Å². The molecule has 0 bridgehead atoms. The van der Waals surface area contributed by atoms with E-state index >= 15 is 0 Å². The highest BCUT2D eigenvalue weighted by Crippen LogP contribution is 2.16. The van der Waals surface area contributed by atoms with Crippen LogP contribution in [-0.4, -0.2) is 24.6 Å². The Morgan fingerprint density at radius 1 is 1.30 bits per heavy atom. The first-order chi connectivity index (χ1) is 9.70. The number of nitrogens with two attached hydrogens (primary N) is 1. The average Bonchev–Trinajstić information content (AvgIpc) is 2.47. The fraction of sp³-hybridized carbons (Fsp3) is 0.200. The minimum atomic E-state index is -0.255. The molecule has 3 N–H and O–H groups in total. The van der Waals surface area contributed by atoms with Crippen LogP contribution in [0.25, 0.3) is 0 Å². The first-order valence-electron chi connectivity index (χ1n) is 6.30. The van der Waals surface area contributed by atoms with Crippen LogP contribution in [0.2, 0.25) is 0 Å². The molecule has 0 unspecified atom stereocenters. The van der Waals surface area contributed by atoms with Crippen LogP contribution in [0, 0.1) is 0 Å². The lowest BCUT2D eigenvalue weighted by molar-refractivity contribution is 0.102. The molecule has 0 aliphatic rings. The number of hydrogen-bond acceptors (Lipinski definition) is 4. The topological polar surface area (TPSA) is 77.2 Å². The number of nitrogens with zero attached hydrogens (tertiary/aromatic N) is 1. The molecule has 0 saturated carbocycles. The number of carbonyl (C=O) groups is 1. The Morgan fingerprint density at radius 2 is 2.10 bits per heavy atom. The summed E-state index contributed by atoms with van der Waals surface area (Å²) in [6, 6.07) is 10.9. The van der Waals surface area contributed by atoms with E-state index in [2.05, 4.69) is 10.3 Å². The lowest BCUT2D eigenvalue weighted by Crippen LogP contribution is -2.15. The number of ether oxygens (including phenoxy) is 1. The molecule has 2 aromatic rings. The Bertz CT molecular complexity index is 582. The predicted molar refractivity (Wildman–Crippen MR) is 78.6 cm³/mol. The number of carbonyl (C=O) groups excluding carboxylic acids is 1.